The molecule has 0 amide bonds. The van der Waals surface area contributed by atoms with Crippen LogP contribution in [0.15, 0.2) is 140 Å². The van der Waals surface area contributed by atoms with Crippen molar-refractivity contribution >= 4 is 32.3 Å². The van der Waals surface area contributed by atoms with Crippen LogP contribution >= 0.6 is 0 Å². The smallest absolute Gasteiger partial charge is 0.0991 e. The van der Waals surface area contributed by atoms with Crippen molar-refractivity contribution in [1.82, 2.24) is 0 Å². The number of hydrogen-bond acceptors (Lipinski definition) is 1. The van der Waals surface area contributed by atoms with Crippen LogP contribution in [0.5, 0.6) is 0 Å². The molecule has 0 unspecified atom stereocenters. The van der Waals surface area contributed by atoms with Gasteiger partial charge in [-0.2, -0.15) is 5.26 Å². The topological polar surface area (TPSA) is 23.8 Å². The molecule has 8 aromatic rings. The monoisotopic (exact) mass is 637 g/mol. The highest BCUT2D eigenvalue weighted by Gasteiger charge is 2.42. The Morgan fingerprint density at radius 1 is 0.400 bits per heavy atom. The largest absolute Gasteiger partial charge is 0.192 e. The first-order valence-electron chi connectivity index (χ1n) is 17.6. The third-order valence-electron chi connectivity index (χ3n) is 11.9. The number of benzene rings is 8. The van der Waals surface area contributed by atoms with Gasteiger partial charge < -0.3 is 0 Å². The lowest BCUT2D eigenvalue weighted by atomic mass is 9.77. The van der Waals surface area contributed by atoms with E-state index >= 15 is 0 Å². The second kappa shape index (κ2) is 10.0. The zero-order chi connectivity index (χ0) is 33.9. The van der Waals surface area contributed by atoms with E-state index in [0.29, 0.717) is 5.56 Å². The van der Waals surface area contributed by atoms with Crippen molar-refractivity contribution < 1.29 is 0 Å². The Morgan fingerprint density at radius 3 is 1.64 bits per heavy atom. The average Bonchev–Trinajstić information content (AvgIpc) is 3.52. The molecular weight excluding hydrogens is 603 g/mol. The fourth-order valence-electron chi connectivity index (χ4n) is 9.52. The van der Waals surface area contributed by atoms with Gasteiger partial charge in [0.2, 0.25) is 0 Å². The SMILES string of the molecule is CC1(C)c2cc(C#N)ccc2-c2c1ccc1c(-c3c4ccccc4c(-c4ccccc4)c4ccccc34)cc3c(c21)-c1ccccc1C3(C)C. The summed E-state index contributed by atoms with van der Waals surface area (Å²) < 4.78 is 0. The second-order valence-corrected chi connectivity index (χ2v) is 15.1. The standard InChI is InChI=1S/C49H35N/c1-48(2)39-21-13-12-20-36(39)46-42(48)27-38(35-24-25-40-45(47(35)46)37-23-22-29(28-50)26-41(37)49(40,3)4)44-33-18-10-8-16-31(33)43(30-14-6-5-7-15-30)32-17-9-11-19-34(32)44/h5-27H,1-4H3. The van der Waals surface area contributed by atoms with Crippen LogP contribution in [0.1, 0.15) is 55.5 Å². The van der Waals surface area contributed by atoms with Gasteiger partial charge in [0.05, 0.1) is 11.6 Å². The maximum absolute atomic E-state index is 9.90. The van der Waals surface area contributed by atoms with E-state index in [4.69, 9.17) is 0 Å². The lowest BCUT2D eigenvalue weighted by Crippen LogP contribution is -2.15. The molecule has 10 rings (SSSR count). The summed E-state index contributed by atoms with van der Waals surface area (Å²) in [4.78, 5) is 0. The van der Waals surface area contributed by atoms with Crippen LogP contribution in [0.3, 0.4) is 0 Å². The van der Waals surface area contributed by atoms with Crippen LogP contribution in [0.4, 0.5) is 0 Å². The van der Waals surface area contributed by atoms with Crippen LogP contribution in [0, 0.1) is 11.3 Å². The first-order chi connectivity index (χ1) is 24.3. The molecule has 0 N–H and O–H groups in total. The quantitative estimate of drug-likeness (QED) is 0.173. The summed E-state index contributed by atoms with van der Waals surface area (Å²) in [5, 5.41) is 17.5. The summed E-state index contributed by atoms with van der Waals surface area (Å²) in [7, 11) is 0. The van der Waals surface area contributed by atoms with E-state index in [1.807, 2.05) is 6.07 Å². The van der Waals surface area contributed by atoms with Gasteiger partial charge in [-0.3, -0.25) is 0 Å². The van der Waals surface area contributed by atoms with E-state index < -0.39 is 0 Å². The number of hydrogen-bond donors (Lipinski definition) is 0. The molecule has 0 bridgehead atoms. The van der Waals surface area contributed by atoms with E-state index in [1.54, 1.807) is 0 Å². The van der Waals surface area contributed by atoms with E-state index in [-0.39, 0.29) is 10.8 Å². The molecule has 0 aliphatic heterocycles. The zero-order valence-corrected chi connectivity index (χ0v) is 28.7. The molecular formula is C49H35N. The van der Waals surface area contributed by atoms with Gasteiger partial charge in [0.15, 0.2) is 0 Å². The Morgan fingerprint density at radius 2 is 0.960 bits per heavy atom. The predicted octanol–water partition coefficient (Wildman–Crippen LogP) is 13.0. The zero-order valence-electron chi connectivity index (χ0n) is 28.7. The lowest BCUT2D eigenvalue weighted by molar-refractivity contribution is 0.660. The number of nitrogens with zero attached hydrogens (tertiary/aromatic N) is 1. The van der Waals surface area contributed by atoms with Crippen LogP contribution in [-0.2, 0) is 10.8 Å². The Labute approximate surface area is 293 Å². The lowest BCUT2D eigenvalue weighted by Gasteiger charge is -2.26. The molecule has 0 heterocycles. The summed E-state index contributed by atoms with van der Waals surface area (Å²) in [6, 6.07) is 53.8. The number of rotatable bonds is 2. The van der Waals surface area contributed by atoms with Crippen LogP contribution < -0.4 is 0 Å². The molecule has 50 heavy (non-hydrogen) atoms. The molecule has 0 saturated heterocycles. The van der Waals surface area contributed by atoms with Crippen molar-refractivity contribution in [3.8, 4) is 50.6 Å². The Hall–Kier alpha value is -5.97. The Balaban J connectivity index is 1.43. The van der Waals surface area contributed by atoms with Crippen LogP contribution in [-0.4, -0.2) is 0 Å². The first kappa shape index (κ1) is 29.0. The molecule has 0 spiro atoms. The molecule has 0 radical (unpaired) electrons. The number of fused-ring (bicyclic) bond motifs is 11. The maximum Gasteiger partial charge on any atom is 0.0991 e. The molecule has 0 atom stereocenters. The highest BCUT2D eigenvalue weighted by atomic mass is 14.4. The van der Waals surface area contributed by atoms with Crippen molar-refractivity contribution in [1.29, 1.82) is 5.26 Å². The van der Waals surface area contributed by atoms with Gasteiger partial charge in [0, 0.05) is 10.8 Å². The highest BCUT2D eigenvalue weighted by Crippen LogP contribution is 2.60. The van der Waals surface area contributed by atoms with Gasteiger partial charge in [0.25, 0.3) is 0 Å². The maximum atomic E-state index is 9.90. The first-order valence-corrected chi connectivity index (χ1v) is 17.6. The Kier molecular flexibility index (Phi) is 5.82. The van der Waals surface area contributed by atoms with Gasteiger partial charge in [0.1, 0.15) is 0 Å². The van der Waals surface area contributed by atoms with Crippen molar-refractivity contribution in [3.63, 3.8) is 0 Å². The van der Waals surface area contributed by atoms with Gasteiger partial charge in [-0.25, -0.2) is 0 Å². The van der Waals surface area contributed by atoms with Gasteiger partial charge in [-0.1, -0.05) is 149 Å². The average molecular weight is 638 g/mol. The molecule has 1 nitrogen and oxygen atoms in total. The Bertz CT molecular complexity index is 2750. The summed E-state index contributed by atoms with van der Waals surface area (Å²) in [6.07, 6.45) is 0. The minimum atomic E-state index is -0.237. The molecule has 8 aromatic carbocycles. The summed E-state index contributed by atoms with van der Waals surface area (Å²) in [5.41, 5.74) is 15.9. The normalized spacial score (nSPS) is 14.7. The van der Waals surface area contributed by atoms with Crippen molar-refractivity contribution in [2.75, 3.05) is 0 Å². The molecule has 0 fully saturated rings. The van der Waals surface area contributed by atoms with E-state index in [0.717, 1.165) is 0 Å². The fraction of sp³-hybridized carbons (Fsp3) is 0.122. The summed E-state index contributed by atoms with van der Waals surface area (Å²) in [5.74, 6) is 0. The van der Waals surface area contributed by atoms with Crippen molar-refractivity contribution in [2.45, 2.75) is 38.5 Å². The van der Waals surface area contributed by atoms with E-state index in [2.05, 4.69) is 167 Å². The van der Waals surface area contributed by atoms with Crippen molar-refractivity contribution in [3.05, 3.63) is 167 Å². The second-order valence-electron chi connectivity index (χ2n) is 15.1. The number of nitriles is 1. The predicted molar refractivity (Wildman–Crippen MR) is 210 cm³/mol. The van der Waals surface area contributed by atoms with E-state index in [9.17, 15) is 5.26 Å². The van der Waals surface area contributed by atoms with E-state index in [1.165, 1.54) is 99.1 Å². The van der Waals surface area contributed by atoms with Crippen LogP contribution in [0.25, 0.3) is 76.8 Å². The minimum absolute atomic E-state index is 0.186. The summed E-state index contributed by atoms with van der Waals surface area (Å²) in [6.45, 7) is 9.41. The molecule has 236 valence electrons. The molecule has 2 aliphatic rings. The molecule has 1 heteroatoms. The fourth-order valence-corrected chi connectivity index (χ4v) is 9.52. The third kappa shape index (κ3) is 3.66. The summed E-state index contributed by atoms with van der Waals surface area (Å²) >= 11 is 0. The highest BCUT2D eigenvalue weighted by molar-refractivity contribution is 6.26. The molecule has 0 aromatic heterocycles. The third-order valence-corrected chi connectivity index (χ3v) is 11.9. The van der Waals surface area contributed by atoms with Gasteiger partial charge in [-0.05, 0) is 117 Å². The van der Waals surface area contributed by atoms with Gasteiger partial charge >= 0.3 is 0 Å². The minimum Gasteiger partial charge on any atom is -0.192 e. The molecule has 0 saturated carbocycles. The molecule has 2 aliphatic carbocycles. The van der Waals surface area contributed by atoms with Crippen molar-refractivity contribution in [2.24, 2.45) is 0 Å². The van der Waals surface area contributed by atoms with Gasteiger partial charge in [-0.15, -0.1) is 0 Å². The van der Waals surface area contributed by atoms with Crippen LogP contribution in [0.2, 0.25) is 0 Å².